The number of hydrogen-bond acceptors (Lipinski definition) is 3. The number of nitrogens with zero attached hydrogens (tertiary/aromatic N) is 2. The summed E-state index contributed by atoms with van der Waals surface area (Å²) in [5, 5.41) is 0. The zero-order chi connectivity index (χ0) is 8.10. The highest BCUT2D eigenvalue weighted by Gasteiger charge is 1.86. The average Bonchev–Trinajstić information content (AvgIpc) is 2.04. The van der Waals surface area contributed by atoms with Gasteiger partial charge in [-0.2, -0.15) is 0 Å². The Morgan fingerprint density at radius 3 is 3.00 bits per heavy atom. The molecule has 0 amide bonds. The Hall–Kier alpha value is -1.42. The summed E-state index contributed by atoms with van der Waals surface area (Å²) in [4.78, 5) is 7.92. The van der Waals surface area contributed by atoms with E-state index in [9.17, 15) is 0 Å². The van der Waals surface area contributed by atoms with E-state index >= 15 is 0 Å². The monoisotopic (exact) mass is 150 g/mol. The van der Waals surface area contributed by atoms with Gasteiger partial charge in [0.2, 0.25) is 0 Å². The van der Waals surface area contributed by atoms with Crippen molar-refractivity contribution >= 4 is 12.2 Å². The van der Waals surface area contributed by atoms with Crippen molar-refractivity contribution in [3.05, 3.63) is 23.9 Å². The summed E-state index contributed by atoms with van der Waals surface area (Å²) in [5.74, 6) is 5.63. The van der Waals surface area contributed by atoms with E-state index in [-0.39, 0.29) is 0 Å². The van der Waals surface area contributed by atoms with E-state index < -0.39 is 0 Å². The van der Waals surface area contributed by atoms with Crippen molar-refractivity contribution in [2.45, 2.75) is 6.92 Å². The zero-order valence-electron chi connectivity index (χ0n) is 6.28. The molecule has 1 heterocycles. The zero-order valence-corrected chi connectivity index (χ0v) is 6.28. The van der Waals surface area contributed by atoms with Crippen molar-refractivity contribution in [1.82, 2.24) is 10.4 Å². The quantitative estimate of drug-likeness (QED) is 0.279. The fourth-order valence-electron chi connectivity index (χ4n) is 0.640. The van der Waals surface area contributed by atoms with Crippen molar-refractivity contribution in [1.29, 1.82) is 0 Å². The number of nitrogens with one attached hydrogen (secondary N) is 1. The van der Waals surface area contributed by atoms with Crippen molar-refractivity contribution in [3.8, 4) is 0 Å². The maximum absolute atomic E-state index is 4.98. The van der Waals surface area contributed by atoms with E-state index in [2.05, 4.69) is 15.4 Å². The maximum Gasteiger partial charge on any atom is 0.153 e. The Balaban J connectivity index is 2.73. The lowest BCUT2D eigenvalue weighted by atomic mass is 10.3. The molecule has 4 heteroatoms. The van der Waals surface area contributed by atoms with E-state index in [1.54, 1.807) is 6.20 Å². The van der Waals surface area contributed by atoms with Crippen LogP contribution in [0.1, 0.15) is 5.56 Å². The van der Waals surface area contributed by atoms with Crippen LogP contribution in [0.3, 0.4) is 0 Å². The third-order valence-corrected chi connectivity index (χ3v) is 1.17. The first-order valence-corrected chi connectivity index (χ1v) is 3.24. The second-order valence-electron chi connectivity index (χ2n) is 2.12. The molecule has 0 aliphatic carbocycles. The second-order valence-corrected chi connectivity index (χ2v) is 2.12. The number of hydrogen-bond donors (Lipinski definition) is 2. The molecule has 58 valence electrons. The summed E-state index contributed by atoms with van der Waals surface area (Å²) in [7, 11) is 0. The number of pyridine rings is 1. The molecule has 0 unspecified atom stereocenters. The SMILES string of the molecule is Cc1ccc(N=CNN)nc1. The first-order valence-electron chi connectivity index (χ1n) is 3.24. The summed E-state index contributed by atoms with van der Waals surface area (Å²) >= 11 is 0. The molecule has 0 aromatic carbocycles. The lowest BCUT2D eigenvalue weighted by molar-refractivity contribution is 1.05. The number of hydrazine groups is 1. The largest absolute Gasteiger partial charge is 0.315 e. The molecule has 0 atom stereocenters. The van der Waals surface area contributed by atoms with E-state index in [0.29, 0.717) is 5.82 Å². The van der Waals surface area contributed by atoms with Crippen LogP contribution < -0.4 is 11.3 Å². The van der Waals surface area contributed by atoms with E-state index in [1.165, 1.54) is 6.34 Å². The first-order chi connectivity index (χ1) is 5.33. The van der Waals surface area contributed by atoms with Crippen LogP contribution in [-0.2, 0) is 0 Å². The third-order valence-electron chi connectivity index (χ3n) is 1.17. The van der Waals surface area contributed by atoms with Gasteiger partial charge in [-0.3, -0.25) is 0 Å². The minimum atomic E-state index is 0.647. The van der Waals surface area contributed by atoms with Crippen molar-refractivity contribution in [3.63, 3.8) is 0 Å². The van der Waals surface area contributed by atoms with E-state index in [1.807, 2.05) is 19.1 Å². The van der Waals surface area contributed by atoms with Gasteiger partial charge >= 0.3 is 0 Å². The Labute approximate surface area is 65.1 Å². The lowest BCUT2D eigenvalue weighted by Crippen LogP contribution is -2.18. The predicted molar refractivity (Wildman–Crippen MR) is 44.4 cm³/mol. The molecular formula is C7H10N4. The van der Waals surface area contributed by atoms with Crippen molar-refractivity contribution in [2.24, 2.45) is 10.8 Å². The standard InChI is InChI=1S/C7H10N4/c1-6-2-3-7(9-4-6)10-5-11-8/h2-5H,8H2,1H3,(H,9,10,11). The van der Waals surface area contributed by atoms with Gasteiger partial charge in [-0.25, -0.2) is 15.8 Å². The molecule has 11 heavy (non-hydrogen) atoms. The molecule has 4 nitrogen and oxygen atoms in total. The molecule has 0 aliphatic rings. The van der Waals surface area contributed by atoms with Gasteiger partial charge in [0.05, 0.1) is 0 Å². The molecule has 0 spiro atoms. The summed E-state index contributed by atoms with van der Waals surface area (Å²) in [6.45, 7) is 1.97. The Kier molecular flexibility index (Phi) is 2.57. The highest BCUT2D eigenvalue weighted by Crippen LogP contribution is 2.05. The van der Waals surface area contributed by atoms with Gasteiger partial charge in [-0.05, 0) is 18.6 Å². The smallest absolute Gasteiger partial charge is 0.153 e. The van der Waals surface area contributed by atoms with Gasteiger partial charge in [-0.1, -0.05) is 6.07 Å². The Morgan fingerprint density at radius 1 is 1.64 bits per heavy atom. The van der Waals surface area contributed by atoms with Crippen molar-refractivity contribution < 1.29 is 0 Å². The van der Waals surface area contributed by atoms with Crippen LogP contribution in [0.2, 0.25) is 0 Å². The minimum absolute atomic E-state index is 0.647. The van der Waals surface area contributed by atoms with Crippen LogP contribution in [-0.4, -0.2) is 11.3 Å². The minimum Gasteiger partial charge on any atom is -0.315 e. The maximum atomic E-state index is 4.98. The van der Waals surface area contributed by atoms with Crippen LogP contribution in [0.15, 0.2) is 23.3 Å². The fourth-order valence-corrected chi connectivity index (χ4v) is 0.640. The fraction of sp³-hybridized carbons (Fsp3) is 0.143. The molecule has 0 saturated carbocycles. The number of aliphatic imine (C=N–C) groups is 1. The normalized spacial score (nSPS) is 10.4. The molecule has 1 aromatic heterocycles. The van der Waals surface area contributed by atoms with Crippen LogP contribution in [0.25, 0.3) is 0 Å². The third kappa shape index (κ3) is 2.35. The Morgan fingerprint density at radius 2 is 2.45 bits per heavy atom. The number of rotatable bonds is 2. The second kappa shape index (κ2) is 3.68. The summed E-state index contributed by atoms with van der Waals surface area (Å²) in [6.07, 6.45) is 3.14. The number of nitrogens with two attached hydrogens (primary N) is 1. The molecular weight excluding hydrogens is 140 g/mol. The van der Waals surface area contributed by atoms with Crippen molar-refractivity contribution in [2.75, 3.05) is 0 Å². The van der Waals surface area contributed by atoms with Gasteiger partial charge in [0.1, 0.15) is 6.34 Å². The molecule has 0 aliphatic heterocycles. The van der Waals surface area contributed by atoms with Gasteiger partial charge < -0.3 is 5.43 Å². The van der Waals surface area contributed by atoms with Crippen LogP contribution in [0.5, 0.6) is 0 Å². The molecule has 0 radical (unpaired) electrons. The highest BCUT2D eigenvalue weighted by atomic mass is 15.2. The topological polar surface area (TPSA) is 63.3 Å². The number of aromatic nitrogens is 1. The summed E-state index contributed by atoms with van der Waals surface area (Å²) in [6, 6.07) is 3.76. The van der Waals surface area contributed by atoms with E-state index in [0.717, 1.165) is 5.56 Å². The van der Waals surface area contributed by atoms with Gasteiger partial charge in [0.15, 0.2) is 5.82 Å². The average molecular weight is 150 g/mol. The molecule has 0 fully saturated rings. The summed E-state index contributed by atoms with van der Waals surface area (Å²) in [5.41, 5.74) is 3.41. The van der Waals surface area contributed by atoms with Gasteiger partial charge in [-0.15, -0.1) is 0 Å². The van der Waals surface area contributed by atoms with Crippen LogP contribution in [0, 0.1) is 6.92 Å². The lowest BCUT2D eigenvalue weighted by Gasteiger charge is -1.92. The molecule has 0 bridgehead atoms. The van der Waals surface area contributed by atoms with Crippen LogP contribution >= 0.6 is 0 Å². The van der Waals surface area contributed by atoms with Crippen LogP contribution in [0.4, 0.5) is 5.82 Å². The van der Waals surface area contributed by atoms with Gasteiger partial charge in [0.25, 0.3) is 0 Å². The van der Waals surface area contributed by atoms with E-state index in [4.69, 9.17) is 5.84 Å². The number of aryl methyl sites for hydroxylation is 1. The molecule has 0 saturated heterocycles. The molecule has 1 rings (SSSR count). The summed E-state index contributed by atoms with van der Waals surface area (Å²) < 4.78 is 0. The molecule has 1 aromatic rings. The predicted octanol–water partition coefficient (Wildman–Crippen LogP) is 0.513. The highest BCUT2D eigenvalue weighted by molar-refractivity contribution is 5.58. The first kappa shape index (κ1) is 7.68. The molecule has 3 N–H and O–H groups in total. The van der Waals surface area contributed by atoms with Gasteiger partial charge in [0, 0.05) is 6.20 Å². The Bertz CT molecular complexity index is 239.